The van der Waals surface area contributed by atoms with Crippen LogP contribution in [0.4, 0.5) is 0 Å². The second-order valence-corrected chi connectivity index (χ2v) is 3.40. The lowest BCUT2D eigenvalue weighted by molar-refractivity contribution is 0.458. The Kier molecular flexibility index (Phi) is 1.27. The first-order valence-electron chi connectivity index (χ1n) is 3.95. The molecule has 0 N–H and O–H groups in total. The molecule has 2 bridgehead atoms. The van der Waals surface area contributed by atoms with Crippen LogP contribution in [0.3, 0.4) is 0 Å². The molecule has 0 heterocycles. The van der Waals surface area contributed by atoms with E-state index in [0.717, 1.165) is 18.3 Å². The third-order valence-electron chi connectivity index (χ3n) is 2.77. The largest absolute Gasteiger partial charge is 0.198 e. The number of rotatable bonds is 1. The summed E-state index contributed by atoms with van der Waals surface area (Å²) in [5, 5.41) is 8.48. The lowest BCUT2D eigenvalue weighted by Crippen LogP contribution is -2.04. The van der Waals surface area contributed by atoms with E-state index in [1.807, 2.05) is 0 Å². The van der Waals surface area contributed by atoms with Crippen molar-refractivity contribution in [2.45, 2.75) is 19.3 Å². The van der Waals surface area contributed by atoms with Gasteiger partial charge in [0, 0.05) is 6.42 Å². The van der Waals surface area contributed by atoms with Crippen molar-refractivity contribution in [2.75, 3.05) is 0 Å². The highest BCUT2D eigenvalue weighted by atomic mass is 14.4. The van der Waals surface area contributed by atoms with Gasteiger partial charge in [0.25, 0.3) is 0 Å². The molecule has 10 heavy (non-hydrogen) atoms. The van der Waals surface area contributed by atoms with Gasteiger partial charge in [-0.25, -0.2) is 0 Å². The van der Waals surface area contributed by atoms with E-state index >= 15 is 0 Å². The van der Waals surface area contributed by atoms with E-state index in [1.165, 1.54) is 12.8 Å². The smallest absolute Gasteiger partial charge is 0.0624 e. The van der Waals surface area contributed by atoms with Crippen molar-refractivity contribution in [3.8, 4) is 6.07 Å². The van der Waals surface area contributed by atoms with Gasteiger partial charge in [-0.1, -0.05) is 12.2 Å². The lowest BCUT2D eigenvalue weighted by atomic mass is 9.91. The maximum absolute atomic E-state index is 8.48. The monoisotopic (exact) mass is 133 g/mol. The van der Waals surface area contributed by atoms with Crippen molar-refractivity contribution >= 4 is 0 Å². The minimum absolute atomic E-state index is 0.694. The van der Waals surface area contributed by atoms with Gasteiger partial charge in [0.2, 0.25) is 0 Å². The first-order chi connectivity index (χ1) is 4.90. The zero-order valence-electron chi connectivity index (χ0n) is 5.96. The van der Waals surface area contributed by atoms with E-state index in [1.54, 1.807) is 0 Å². The van der Waals surface area contributed by atoms with Gasteiger partial charge < -0.3 is 0 Å². The summed E-state index contributed by atoms with van der Waals surface area (Å²) in [5.74, 6) is 2.27. The van der Waals surface area contributed by atoms with Crippen LogP contribution in [0.25, 0.3) is 0 Å². The van der Waals surface area contributed by atoms with Gasteiger partial charge in [-0.2, -0.15) is 5.26 Å². The van der Waals surface area contributed by atoms with E-state index in [-0.39, 0.29) is 0 Å². The zero-order valence-corrected chi connectivity index (χ0v) is 5.96. The number of nitriles is 1. The van der Waals surface area contributed by atoms with Crippen LogP contribution in [0.5, 0.6) is 0 Å². The topological polar surface area (TPSA) is 23.8 Å². The number of nitrogens with zero attached hydrogens (tertiary/aromatic N) is 1. The van der Waals surface area contributed by atoms with Crippen LogP contribution >= 0.6 is 0 Å². The minimum atomic E-state index is 0.694. The summed E-state index contributed by atoms with van der Waals surface area (Å²) >= 11 is 0. The lowest BCUT2D eigenvalue weighted by Gasteiger charge is -2.12. The van der Waals surface area contributed by atoms with Crippen LogP contribution < -0.4 is 0 Å². The molecule has 1 fully saturated rings. The first kappa shape index (κ1) is 5.97. The average Bonchev–Trinajstić information content (AvgIpc) is 2.48. The van der Waals surface area contributed by atoms with E-state index in [9.17, 15) is 0 Å². The Labute approximate surface area is 61.4 Å². The standard InChI is InChI=1S/C9H11N/c10-4-3-9-6-7-1-2-8(9)5-7/h1-2,7-9H,3,5-6H2/t7-,8+,9-/m1/s1. The molecule has 2 rings (SSSR count). The van der Waals surface area contributed by atoms with Gasteiger partial charge in [-0.05, 0) is 30.6 Å². The third kappa shape index (κ3) is 0.759. The Balaban J connectivity index is 2.04. The zero-order chi connectivity index (χ0) is 6.97. The maximum atomic E-state index is 8.48. The molecule has 2 aliphatic rings. The average molecular weight is 133 g/mol. The molecular weight excluding hydrogens is 122 g/mol. The molecule has 0 aromatic heterocycles. The highest BCUT2D eigenvalue weighted by Gasteiger charge is 2.34. The predicted molar refractivity (Wildman–Crippen MR) is 39.1 cm³/mol. The quantitative estimate of drug-likeness (QED) is 0.502. The van der Waals surface area contributed by atoms with Crippen molar-refractivity contribution in [3.63, 3.8) is 0 Å². The maximum Gasteiger partial charge on any atom is 0.0624 e. The van der Waals surface area contributed by atoms with Crippen molar-refractivity contribution in [3.05, 3.63) is 12.2 Å². The van der Waals surface area contributed by atoms with Gasteiger partial charge in [0.1, 0.15) is 0 Å². The normalized spacial score (nSPS) is 42.1. The highest BCUT2D eigenvalue weighted by Crippen LogP contribution is 2.44. The molecule has 0 aromatic carbocycles. The SMILES string of the molecule is N#CC[C@@H]1C[C@@H]2C=C[C@H]1C2. The highest BCUT2D eigenvalue weighted by molar-refractivity contribution is 5.11. The Morgan fingerprint density at radius 2 is 2.30 bits per heavy atom. The van der Waals surface area contributed by atoms with Gasteiger partial charge in [0.15, 0.2) is 0 Å². The van der Waals surface area contributed by atoms with Crippen molar-refractivity contribution in [1.82, 2.24) is 0 Å². The van der Waals surface area contributed by atoms with Crippen molar-refractivity contribution in [2.24, 2.45) is 17.8 Å². The summed E-state index contributed by atoms with van der Waals surface area (Å²) in [7, 11) is 0. The molecule has 0 saturated heterocycles. The Morgan fingerprint density at radius 3 is 2.80 bits per heavy atom. The molecule has 0 amide bonds. The van der Waals surface area contributed by atoms with Gasteiger partial charge in [0.05, 0.1) is 6.07 Å². The minimum Gasteiger partial charge on any atom is -0.198 e. The fourth-order valence-electron chi connectivity index (χ4n) is 2.25. The van der Waals surface area contributed by atoms with Crippen molar-refractivity contribution < 1.29 is 0 Å². The number of allylic oxidation sites excluding steroid dienone is 2. The summed E-state index contributed by atoms with van der Waals surface area (Å²) in [6.07, 6.45) is 7.99. The Hall–Kier alpha value is -0.770. The van der Waals surface area contributed by atoms with E-state index < -0.39 is 0 Å². The second-order valence-electron chi connectivity index (χ2n) is 3.40. The van der Waals surface area contributed by atoms with Gasteiger partial charge >= 0.3 is 0 Å². The van der Waals surface area contributed by atoms with E-state index in [0.29, 0.717) is 5.92 Å². The third-order valence-corrected chi connectivity index (χ3v) is 2.77. The molecule has 52 valence electrons. The molecule has 1 nitrogen and oxygen atoms in total. The number of hydrogen-bond acceptors (Lipinski definition) is 1. The number of hydrogen-bond donors (Lipinski definition) is 0. The van der Waals surface area contributed by atoms with E-state index in [4.69, 9.17) is 5.26 Å². The van der Waals surface area contributed by atoms with Crippen LogP contribution in [0.15, 0.2) is 12.2 Å². The van der Waals surface area contributed by atoms with Gasteiger partial charge in [-0.3, -0.25) is 0 Å². The summed E-state index contributed by atoms with van der Waals surface area (Å²) in [5.41, 5.74) is 0. The molecule has 2 aliphatic carbocycles. The van der Waals surface area contributed by atoms with Gasteiger partial charge in [-0.15, -0.1) is 0 Å². The second kappa shape index (κ2) is 2.12. The van der Waals surface area contributed by atoms with Crippen LogP contribution in [0.2, 0.25) is 0 Å². The molecule has 0 aliphatic heterocycles. The molecule has 1 heteroatoms. The van der Waals surface area contributed by atoms with Crippen LogP contribution in [0.1, 0.15) is 19.3 Å². The first-order valence-corrected chi connectivity index (χ1v) is 3.95. The molecule has 1 saturated carbocycles. The summed E-state index contributed by atoms with van der Waals surface area (Å²) in [6, 6.07) is 2.26. The summed E-state index contributed by atoms with van der Waals surface area (Å²) in [6.45, 7) is 0. The predicted octanol–water partition coefficient (Wildman–Crippen LogP) is 2.11. The molecule has 3 atom stereocenters. The van der Waals surface area contributed by atoms with Crippen LogP contribution in [-0.2, 0) is 0 Å². The molecule has 0 spiro atoms. The molecular formula is C9H11N. The Morgan fingerprint density at radius 1 is 1.40 bits per heavy atom. The molecule has 0 radical (unpaired) electrons. The van der Waals surface area contributed by atoms with Crippen molar-refractivity contribution in [1.29, 1.82) is 5.26 Å². The number of fused-ring (bicyclic) bond motifs is 2. The fourth-order valence-corrected chi connectivity index (χ4v) is 2.25. The Bertz CT molecular complexity index is 199. The fraction of sp³-hybridized carbons (Fsp3) is 0.667. The summed E-state index contributed by atoms with van der Waals surface area (Å²) in [4.78, 5) is 0. The van der Waals surface area contributed by atoms with Crippen LogP contribution in [0, 0.1) is 29.1 Å². The summed E-state index contributed by atoms with van der Waals surface area (Å²) < 4.78 is 0. The van der Waals surface area contributed by atoms with Crippen LogP contribution in [-0.4, -0.2) is 0 Å². The van der Waals surface area contributed by atoms with E-state index in [2.05, 4.69) is 18.2 Å². The molecule has 0 unspecified atom stereocenters. The molecule has 0 aromatic rings.